The Bertz CT molecular complexity index is 451. The Balaban J connectivity index is 1.69. The molecule has 2 heterocycles. The van der Waals surface area contributed by atoms with E-state index in [-0.39, 0.29) is 0 Å². The van der Waals surface area contributed by atoms with Gasteiger partial charge in [-0.3, -0.25) is 0 Å². The van der Waals surface area contributed by atoms with Crippen molar-refractivity contribution in [3.63, 3.8) is 0 Å². The summed E-state index contributed by atoms with van der Waals surface area (Å²) in [7, 11) is 2.25. The number of rotatable bonds is 2. The number of hydrogen-bond acceptors (Lipinski definition) is 2. The largest absolute Gasteiger partial charge is 0.490 e. The number of benzene rings is 1. The molecule has 0 spiro atoms. The van der Waals surface area contributed by atoms with Crippen LogP contribution in [0.4, 0.5) is 0 Å². The van der Waals surface area contributed by atoms with Crippen LogP contribution in [0.2, 0.25) is 10.0 Å². The molecule has 4 heteroatoms. The molecule has 0 N–H and O–H groups in total. The summed E-state index contributed by atoms with van der Waals surface area (Å²) in [5, 5.41) is 1.14. The fourth-order valence-corrected chi connectivity index (χ4v) is 3.69. The summed E-state index contributed by atoms with van der Waals surface area (Å²) in [4.78, 5) is 2.54. The van der Waals surface area contributed by atoms with Crippen molar-refractivity contribution in [1.29, 1.82) is 0 Å². The molecule has 2 aliphatic rings. The monoisotopic (exact) mass is 299 g/mol. The van der Waals surface area contributed by atoms with Crippen LogP contribution < -0.4 is 4.74 Å². The molecule has 0 aliphatic carbocycles. The molecular formula is C15H19Cl2NO. The summed E-state index contributed by atoms with van der Waals surface area (Å²) in [6.45, 7) is 0. The van der Waals surface area contributed by atoms with Gasteiger partial charge < -0.3 is 9.64 Å². The number of hydrogen-bond donors (Lipinski definition) is 0. The van der Waals surface area contributed by atoms with Gasteiger partial charge in [0.05, 0.1) is 10.0 Å². The predicted octanol–water partition coefficient (Wildman–Crippen LogP) is 4.39. The van der Waals surface area contributed by atoms with E-state index in [0.29, 0.717) is 28.2 Å². The molecule has 0 saturated carbocycles. The SMILES string of the molecule is CN1C2CCCC1CC(Oc1ccc(Cl)c(Cl)c1)C2. The van der Waals surface area contributed by atoms with Crippen LogP contribution in [0, 0.1) is 0 Å². The average molecular weight is 300 g/mol. The van der Waals surface area contributed by atoms with Crippen LogP contribution in [0.15, 0.2) is 18.2 Å². The average Bonchev–Trinajstić information content (AvgIpc) is 2.35. The van der Waals surface area contributed by atoms with E-state index in [1.165, 1.54) is 19.3 Å². The molecule has 1 aromatic rings. The van der Waals surface area contributed by atoms with E-state index in [9.17, 15) is 0 Å². The van der Waals surface area contributed by atoms with Gasteiger partial charge in [-0.05, 0) is 44.9 Å². The van der Waals surface area contributed by atoms with Gasteiger partial charge in [0.2, 0.25) is 0 Å². The van der Waals surface area contributed by atoms with Crippen LogP contribution in [0.5, 0.6) is 5.75 Å². The molecule has 2 aliphatic heterocycles. The third-order valence-corrected chi connectivity index (χ3v) is 5.23. The lowest BCUT2D eigenvalue weighted by Gasteiger charge is -2.46. The second kappa shape index (κ2) is 5.51. The summed E-state index contributed by atoms with van der Waals surface area (Å²) in [6.07, 6.45) is 6.51. The highest BCUT2D eigenvalue weighted by Crippen LogP contribution is 2.35. The van der Waals surface area contributed by atoms with Crippen molar-refractivity contribution in [2.75, 3.05) is 7.05 Å². The van der Waals surface area contributed by atoms with E-state index in [0.717, 1.165) is 18.6 Å². The minimum Gasteiger partial charge on any atom is -0.490 e. The molecule has 2 bridgehead atoms. The van der Waals surface area contributed by atoms with Gasteiger partial charge in [0.1, 0.15) is 11.9 Å². The molecule has 104 valence electrons. The first-order valence-corrected chi connectivity index (χ1v) is 7.72. The summed E-state index contributed by atoms with van der Waals surface area (Å²) >= 11 is 12.0. The molecule has 19 heavy (non-hydrogen) atoms. The molecule has 0 amide bonds. The van der Waals surface area contributed by atoms with E-state index >= 15 is 0 Å². The first-order chi connectivity index (χ1) is 9.13. The van der Waals surface area contributed by atoms with E-state index in [2.05, 4.69) is 11.9 Å². The summed E-state index contributed by atoms with van der Waals surface area (Å²) in [6, 6.07) is 6.88. The third-order valence-electron chi connectivity index (χ3n) is 4.49. The van der Waals surface area contributed by atoms with E-state index < -0.39 is 0 Å². The Morgan fingerprint density at radius 3 is 2.42 bits per heavy atom. The molecule has 0 aromatic heterocycles. The normalized spacial score (nSPS) is 31.2. The van der Waals surface area contributed by atoms with Crippen LogP contribution in [-0.4, -0.2) is 30.1 Å². The second-order valence-electron chi connectivity index (χ2n) is 5.69. The van der Waals surface area contributed by atoms with E-state index in [1.54, 1.807) is 6.07 Å². The Labute approximate surface area is 124 Å². The van der Waals surface area contributed by atoms with Crippen molar-refractivity contribution >= 4 is 23.2 Å². The van der Waals surface area contributed by atoms with Crippen molar-refractivity contribution in [3.8, 4) is 5.75 Å². The summed E-state index contributed by atoms with van der Waals surface area (Å²) in [5.41, 5.74) is 0. The summed E-state index contributed by atoms with van der Waals surface area (Å²) in [5.74, 6) is 0.835. The maximum atomic E-state index is 6.11. The van der Waals surface area contributed by atoms with Crippen molar-refractivity contribution in [2.45, 2.75) is 50.3 Å². The maximum Gasteiger partial charge on any atom is 0.121 e. The molecule has 2 nitrogen and oxygen atoms in total. The van der Waals surface area contributed by atoms with Gasteiger partial charge in [0.25, 0.3) is 0 Å². The quantitative estimate of drug-likeness (QED) is 0.803. The Morgan fingerprint density at radius 1 is 1.11 bits per heavy atom. The van der Waals surface area contributed by atoms with E-state index in [4.69, 9.17) is 27.9 Å². The number of fused-ring (bicyclic) bond motifs is 2. The first-order valence-electron chi connectivity index (χ1n) is 6.97. The van der Waals surface area contributed by atoms with Crippen molar-refractivity contribution in [3.05, 3.63) is 28.2 Å². The molecule has 0 radical (unpaired) electrons. The number of nitrogens with zero attached hydrogens (tertiary/aromatic N) is 1. The topological polar surface area (TPSA) is 12.5 Å². The molecule has 2 fully saturated rings. The van der Waals surface area contributed by atoms with E-state index in [1.807, 2.05) is 12.1 Å². The van der Waals surface area contributed by atoms with Gasteiger partial charge >= 0.3 is 0 Å². The zero-order valence-corrected chi connectivity index (χ0v) is 12.6. The fourth-order valence-electron chi connectivity index (χ4n) is 3.40. The van der Waals surface area contributed by atoms with Crippen LogP contribution in [0.1, 0.15) is 32.1 Å². The lowest BCUT2D eigenvalue weighted by molar-refractivity contribution is 0.000146. The third kappa shape index (κ3) is 2.86. The standard InChI is InChI=1S/C15H19Cl2NO/c1-18-10-3-2-4-11(18)8-13(7-10)19-12-5-6-14(16)15(17)9-12/h5-6,9-11,13H,2-4,7-8H2,1H3. The van der Waals surface area contributed by atoms with Gasteiger partial charge in [0.15, 0.2) is 0 Å². The molecular weight excluding hydrogens is 281 g/mol. The maximum absolute atomic E-state index is 6.11. The van der Waals surface area contributed by atoms with Gasteiger partial charge in [-0.1, -0.05) is 29.6 Å². The van der Waals surface area contributed by atoms with Crippen LogP contribution in [0.25, 0.3) is 0 Å². The van der Waals surface area contributed by atoms with Gasteiger partial charge in [-0.2, -0.15) is 0 Å². The molecule has 2 unspecified atom stereocenters. The van der Waals surface area contributed by atoms with Crippen LogP contribution in [-0.2, 0) is 0 Å². The van der Waals surface area contributed by atoms with Crippen molar-refractivity contribution in [2.24, 2.45) is 0 Å². The minimum absolute atomic E-state index is 0.309. The van der Waals surface area contributed by atoms with Crippen LogP contribution in [0.3, 0.4) is 0 Å². The minimum atomic E-state index is 0.309. The Morgan fingerprint density at radius 2 is 1.79 bits per heavy atom. The molecule has 3 rings (SSSR count). The highest BCUT2D eigenvalue weighted by molar-refractivity contribution is 6.42. The highest BCUT2D eigenvalue weighted by Gasteiger charge is 2.36. The number of ether oxygens (including phenoxy) is 1. The zero-order chi connectivity index (χ0) is 13.4. The second-order valence-corrected chi connectivity index (χ2v) is 6.51. The van der Waals surface area contributed by atoms with Crippen molar-refractivity contribution < 1.29 is 4.74 Å². The first kappa shape index (κ1) is 13.5. The zero-order valence-electron chi connectivity index (χ0n) is 11.1. The van der Waals surface area contributed by atoms with Gasteiger partial charge in [-0.15, -0.1) is 0 Å². The van der Waals surface area contributed by atoms with Crippen molar-refractivity contribution in [1.82, 2.24) is 4.90 Å². The molecule has 2 atom stereocenters. The lowest BCUT2D eigenvalue weighted by atomic mass is 9.83. The number of piperidine rings is 2. The van der Waals surface area contributed by atoms with Gasteiger partial charge in [-0.25, -0.2) is 0 Å². The molecule has 2 saturated heterocycles. The number of halogens is 2. The predicted molar refractivity (Wildman–Crippen MR) is 79.3 cm³/mol. The Hall–Kier alpha value is -0.440. The van der Waals surface area contributed by atoms with Crippen LogP contribution >= 0.6 is 23.2 Å². The Kier molecular flexibility index (Phi) is 3.93. The highest BCUT2D eigenvalue weighted by atomic mass is 35.5. The smallest absolute Gasteiger partial charge is 0.121 e. The fraction of sp³-hybridized carbons (Fsp3) is 0.600. The molecule has 1 aromatic carbocycles. The summed E-state index contributed by atoms with van der Waals surface area (Å²) < 4.78 is 6.11. The lowest BCUT2D eigenvalue weighted by Crippen LogP contribution is -2.52. The van der Waals surface area contributed by atoms with Gasteiger partial charge in [0, 0.05) is 18.2 Å².